The number of amides is 2. The van der Waals surface area contributed by atoms with Gasteiger partial charge in [-0.2, -0.15) is 5.10 Å². The molecule has 24 heavy (non-hydrogen) atoms. The van der Waals surface area contributed by atoms with Crippen molar-refractivity contribution < 1.29 is 13.2 Å². The third-order valence-corrected chi connectivity index (χ3v) is 5.03. The fraction of sp³-hybridized carbons (Fsp3) is 0.733. The molecule has 0 aromatic carbocycles. The van der Waals surface area contributed by atoms with Crippen LogP contribution in [0, 0.1) is 0 Å². The maximum Gasteiger partial charge on any atom is 0.317 e. The number of carbonyl (C=O) groups excluding carboxylic acids is 1. The summed E-state index contributed by atoms with van der Waals surface area (Å²) in [5, 5.41) is 7.61. The number of hydrogen-bond acceptors (Lipinski definition) is 4. The number of aromatic nitrogens is 2. The molecular weight excluding hydrogens is 330 g/mol. The van der Waals surface area contributed by atoms with Gasteiger partial charge in [0.05, 0.1) is 30.7 Å². The SMILES string of the molecule is CC(C)n1nc(CNS(C)(=O)=O)c2c1CN(C(=O)NC1CC1)CC2. The maximum atomic E-state index is 12.3. The summed E-state index contributed by atoms with van der Waals surface area (Å²) in [4.78, 5) is 14.1. The van der Waals surface area contributed by atoms with Gasteiger partial charge < -0.3 is 10.2 Å². The van der Waals surface area contributed by atoms with Crippen LogP contribution in [0.1, 0.15) is 49.7 Å². The van der Waals surface area contributed by atoms with Gasteiger partial charge in [0.15, 0.2) is 0 Å². The molecule has 0 atom stereocenters. The van der Waals surface area contributed by atoms with E-state index in [1.165, 1.54) is 0 Å². The minimum absolute atomic E-state index is 0.0181. The zero-order valence-corrected chi connectivity index (χ0v) is 15.2. The van der Waals surface area contributed by atoms with E-state index in [1.807, 2.05) is 23.4 Å². The topological polar surface area (TPSA) is 96.3 Å². The van der Waals surface area contributed by atoms with E-state index in [9.17, 15) is 13.2 Å². The molecule has 1 aliphatic carbocycles. The lowest BCUT2D eigenvalue weighted by molar-refractivity contribution is 0.189. The van der Waals surface area contributed by atoms with Crippen molar-refractivity contribution in [2.24, 2.45) is 0 Å². The van der Waals surface area contributed by atoms with Crippen LogP contribution >= 0.6 is 0 Å². The Labute approximate surface area is 142 Å². The van der Waals surface area contributed by atoms with Crippen molar-refractivity contribution in [3.8, 4) is 0 Å². The van der Waals surface area contributed by atoms with E-state index in [1.54, 1.807) is 0 Å². The molecule has 1 aliphatic heterocycles. The molecule has 2 heterocycles. The van der Waals surface area contributed by atoms with Crippen molar-refractivity contribution in [2.45, 2.75) is 58.3 Å². The summed E-state index contributed by atoms with van der Waals surface area (Å²) in [6, 6.07) is 0.469. The Balaban J connectivity index is 1.80. The Hall–Kier alpha value is -1.61. The minimum Gasteiger partial charge on any atom is -0.335 e. The van der Waals surface area contributed by atoms with Gasteiger partial charge in [-0.15, -0.1) is 0 Å². The van der Waals surface area contributed by atoms with Gasteiger partial charge in [-0.1, -0.05) is 0 Å². The molecular formula is C15H25N5O3S. The number of nitrogens with one attached hydrogen (secondary N) is 2. The van der Waals surface area contributed by atoms with E-state index >= 15 is 0 Å². The van der Waals surface area contributed by atoms with Crippen LogP contribution in [0.25, 0.3) is 0 Å². The summed E-state index contributed by atoms with van der Waals surface area (Å²) >= 11 is 0. The van der Waals surface area contributed by atoms with Crippen LogP contribution in [0.4, 0.5) is 4.79 Å². The summed E-state index contributed by atoms with van der Waals surface area (Å²) in [5.41, 5.74) is 2.83. The third-order valence-electron chi connectivity index (χ3n) is 4.36. The van der Waals surface area contributed by atoms with Crippen LogP contribution in [0.15, 0.2) is 0 Å². The van der Waals surface area contributed by atoms with Gasteiger partial charge in [0.1, 0.15) is 0 Å². The Morgan fingerprint density at radius 1 is 1.38 bits per heavy atom. The zero-order chi connectivity index (χ0) is 17.5. The standard InChI is InChI=1S/C15H25N5O3S/c1-10(2)20-14-9-19(15(21)17-11-4-5-11)7-6-12(14)13(18-20)8-16-24(3,22)23/h10-11,16H,4-9H2,1-3H3,(H,17,21). The summed E-state index contributed by atoms with van der Waals surface area (Å²) in [6.07, 6.45) is 3.97. The summed E-state index contributed by atoms with van der Waals surface area (Å²) in [5.74, 6) is 0. The average Bonchev–Trinajstić information content (AvgIpc) is 3.22. The molecule has 2 aliphatic rings. The van der Waals surface area contributed by atoms with Crippen LogP contribution in [-0.4, -0.2) is 48.0 Å². The Morgan fingerprint density at radius 2 is 2.08 bits per heavy atom. The molecule has 0 saturated heterocycles. The molecule has 1 fully saturated rings. The van der Waals surface area contributed by atoms with Crippen molar-refractivity contribution in [3.05, 3.63) is 17.0 Å². The highest BCUT2D eigenvalue weighted by Gasteiger charge is 2.31. The maximum absolute atomic E-state index is 12.3. The number of nitrogens with zero attached hydrogens (tertiary/aromatic N) is 3. The molecule has 0 spiro atoms. The molecule has 9 heteroatoms. The molecule has 1 saturated carbocycles. The highest BCUT2D eigenvalue weighted by atomic mass is 32.2. The predicted molar refractivity (Wildman–Crippen MR) is 90.0 cm³/mol. The number of carbonyl (C=O) groups is 1. The van der Waals surface area contributed by atoms with Crippen LogP contribution in [0.3, 0.4) is 0 Å². The number of fused-ring (bicyclic) bond motifs is 1. The third kappa shape index (κ3) is 3.89. The van der Waals surface area contributed by atoms with E-state index < -0.39 is 10.0 Å². The number of sulfonamides is 1. The molecule has 1 aromatic rings. The quantitative estimate of drug-likeness (QED) is 0.814. The lowest BCUT2D eigenvalue weighted by Crippen LogP contribution is -2.44. The first-order valence-electron chi connectivity index (χ1n) is 8.34. The second kappa shape index (κ2) is 6.36. The predicted octanol–water partition coefficient (Wildman–Crippen LogP) is 0.743. The highest BCUT2D eigenvalue weighted by Crippen LogP contribution is 2.26. The van der Waals surface area contributed by atoms with Gasteiger partial charge in [-0.05, 0) is 33.1 Å². The van der Waals surface area contributed by atoms with E-state index in [0.29, 0.717) is 25.6 Å². The Bertz CT molecular complexity index is 737. The normalized spacial score (nSPS) is 17.9. The smallest absolute Gasteiger partial charge is 0.317 e. The van der Waals surface area contributed by atoms with Crippen LogP contribution in [0.2, 0.25) is 0 Å². The fourth-order valence-corrected chi connectivity index (χ4v) is 3.35. The molecule has 2 amide bonds. The van der Waals surface area contributed by atoms with Crippen molar-refractivity contribution in [1.82, 2.24) is 24.7 Å². The lowest BCUT2D eigenvalue weighted by Gasteiger charge is -2.28. The molecule has 8 nitrogen and oxygen atoms in total. The van der Waals surface area contributed by atoms with Crippen molar-refractivity contribution in [1.29, 1.82) is 0 Å². The first-order valence-corrected chi connectivity index (χ1v) is 10.2. The number of hydrogen-bond donors (Lipinski definition) is 2. The summed E-state index contributed by atoms with van der Waals surface area (Å²) in [6.45, 7) is 5.39. The monoisotopic (exact) mass is 355 g/mol. The van der Waals surface area contributed by atoms with E-state index in [-0.39, 0.29) is 18.6 Å². The van der Waals surface area contributed by atoms with Crippen LogP contribution < -0.4 is 10.0 Å². The number of rotatable bonds is 5. The lowest BCUT2D eigenvalue weighted by atomic mass is 10.0. The molecule has 0 bridgehead atoms. The van der Waals surface area contributed by atoms with Gasteiger partial charge in [0.25, 0.3) is 0 Å². The van der Waals surface area contributed by atoms with Crippen molar-refractivity contribution >= 4 is 16.1 Å². The summed E-state index contributed by atoms with van der Waals surface area (Å²) < 4.78 is 27.1. The Kier molecular flexibility index (Phi) is 4.56. The largest absolute Gasteiger partial charge is 0.335 e. The first-order chi connectivity index (χ1) is 11.2. The van der Waals surface area contributed by atoms with Crippen molar-refractivity contribution in [2.75, 3.05) is 12.8 Å². The highest BCUT2D eigenvalue weighted by molar-refractivity contribution is 7.88. The second-order valence-corrected chi connectivity index (χ2v) is 8.73. The molecule has 3 rings (SSSR count). The van der Waals surface area contributed by atoms with E-state index in [0.717, 1.165) is 36.0 Å². The van der Waals surface area contributed by atoms with Gasteiger partial charge in [0.2, 0.25) is 10.0 Å². The molecule has 1 aromatic heterocycles. The zero-order valence-electron chi connectivity index (χ0n) is 14.4. The van der Waals surface area contributed by atoms with E-state index in [4.69, 9.17) is 0 Å². The Morgan fingerprint density at radius 3 is 2.67 bits per heavy atom. The van der Waals surface area contributed by atoms with Gasteiger partial charge >= 0.3 is 6.03 Å². The molecule has 134 valence electrons. The molecule has 0 radical (unpaired) electrons. The second-order valence-electron chi connectivity index (χ2n) is 6.90. The minimum atomic E-state index is -3.26. The molecule has 0 unspecified atom stereocenters. The first kappa shape index (κ1) is 17.2. The average molecular weight is 355 g/mol. The molecule has 2 N–H and O–H groups in total. The van der Waals surface area contributed by atoms with Gasteiger partial charge in [-0.3, -0.25) is 4.68 Å². The van der Waals surface area contributed by atoms with Gasteiger partial charge in [-0.25, -0.2) is 17.9 Å². The van der Waals surface area contributed by atoms with Gasteiger partial charge in [0, 0.05) is 24.2 Å². The van der Waals surface area contributed by atoms with E-state index in [2.05, 4.69) is 15.1 Å². The summed E-state index contributed by atoms with van der Waals surface area (Å²) in [7, 11) is -3.26. The van der Waals surface area contributed by atoms with Crippen LogP contribution in [-0.2, 0) is 29.5 Å². The number of urea groups is 1. The van der Waals surface area contributed by atoms with Crippen LogP contribution in [0.5, 0.6) is 0 Å². The fourth-order valence-electron chi connectivity index (χ4n) is 2.95. The van der Waals surface area contributed by atoms with Crippen molar-refractivity contribution in [3.63, 3.8) is 0 Å².